The van der Waals surface area contributed by atoms with Crippen molar-refractivity contribution >= 4 is 33.9 Å². The number of aryl methyl sites for hydroxylation is 1. The number of thiocarbonyl (C=S) groups is 1. The molecule has 2 aliphatic rings. The number of hydrogen-bond donors (Lipinski definition) is 1. The Morgan fingerprint density at radius 1 is 1.19 bits per heavy atom. The van der Waals surface area contributed by atoms with Crippen LogP contribution in [0.4, 0.5) is 5.69 Å². The van der Waals surface area contributed by atoms with Crippen molar-refractivity contribution in [3.8, 4) is 5.75 Å². The third kappa shape index (κ3) is 3.66. The molecule has 1 atom stereocenters. The minimum Gasteiger partial charge on any atom is -0.494 e. The van der Waals surface area contributed by atoms with Crippen LogP contribution in [-0.4, -0.2) is 27.7 Å². The van der Waals surface area contributed by atoms with E-state index in [1.807, 2.05) is 37.3 Å². The highest BCUT2D eigenvalue weighted by Crippen LogP contribution is 2.39. The van der Waals surface area contributed by atoms with Gasteiger partial charge >= 0.3 is 0 Å². The van der Waals surface area contributed by atoms with Gasteiger partial charge in [-0.05, 0) is 74.8 Å². The van der Waals surface area contributed by atoms with E-state index in [4.69, 9.17) is 17.0 Å². The van der Waals surface area contributed by atoms with E-state index in [0.717, 1.165) is 84.5 Å². The largest absolute Gasteiger partial charge is 0.494 e. The minimum absolute atomic E-state index is 0.147. The van der Waals surface area contributed by atoms with Gasteiger partial charge in [-0.3, -0.25) is 4.79 Å². The van der Waals surface area contributed by atoms with Gasteiger partial charge in [0, 0.05) is 35.4 Å². The number of unbranched alkanes of at least 4 members (excludes halogenated alkanes) is 1. The first-order valence-corrected chi connectivity index (χ1v) is 11.9. The molecule has 0 saturated heterocycles. The second-order valence-corrected chi connectivity index (χ2v) is 9.16. The Balaban J connectivity index is 1.37. The number of fused-ring (bicyclic) bond motifs is 2. The van der Waals surface area contributed by atoms with Crippen molar-refractivity contribution in [2.45, 2.75) is 52.1 Å². The van der Waals surface area contributed by atoms with Crippen LogP contribution in [0.25, 0.3) is 10.9 Å². The first kappa shape index (κ1) is 21.0. The molecule has 0 radical (unpaired) electrons. The summed E-state index contributed by atoms with van der Waals surface area (Å²) in [6.07, 6.45) is 3.91. The maximum Gasteiger partial charge on any atom is 0.192 e. The van der Waals surface area contributed by atoms with Crippen molar-refractivity contribution in [3.63, 3.8) is 0 Å². The van der Waals surface area contributed by atoms with Gasteiger partial charge in [-0.1, -0.05) is 25.0 Å². The zero-order chi connectivity index (χ0) is 22.2. The van der Waals surface area contributed by atoms with Crippen LogP contribution in [0.1, 0.15) is 49.0 Å². The molecule has 1 N–H and O–H groups in total. The van der Waals surface area contributed by atoms with E-state index >= 15 is 0 Å². The maximum atomic E-state index is 13.2. The van der Waals surface area contributed by atoms with Crippen molar-refractivity contribution in [1.29, 1.82) is 0 Å². The number of benzene rings is 2. The molecule has 1 aliphatic carbocycles. The highest BCUT2D eigenvalue weighted by molar-refractivity contribution is 7.80. The highest BCUT2D eigenvalue weighted by Gasteiger charge is 2.37. The summed E-state index contributed by atoms with van der Waals surface area (Å²) in [4.78, 5) is 15.5. The van der Waals surface area contributed by atoms with Gasteiger partial charge in [-0.2, -0.15) is 0 Å². The van der Waals surface area contributed by atoms with Crippen LogP contribution >= 0.6 is 12.2 Å². The molecule has 2 aromatic carbocycles. The third-order valence-electron chi connectivity index (χ3n) is 6.62. The molecule has 0 amide bonds. The van der Waals surface area contributed by atoms with Gasteiger partial charge in [0.1, 0.15) is 5.75 Å². The zero-order valence-corrected chi connectivity index (χ0v) is 19.5. The Labute approximate surface area is 194 Å². The highest BCUT2D eigenvalue weighted by atomic mass is 32.1. The third-order valence-corrected chi connectivity index (χ3v) is 6.96. The molecule has 3 aromatic rings. The first-order valence-electron chi connectivity index (χ1n) is 11.5. The molecule has 6 heteroatoms. The number of anilines is 1. The van der Waals surface area contributed by atoms with Gasteiger partial charge in [0.2, 0.25) is 0 Å². The lowest BCUT2D eigenvalue weighted by molar-refractivity contribution is 0.263. The van der Waals surface area contributed by atoms with E-state index < -0.39 is 0 Å². The summed E-state index contributed by atoms with van der Waals surface area (Å²) in [7, 11) is 0. The number of nitrogens with one attached hydrogen (secondary N) is 1. The molecule has 5 rings (SSSR count). The van der Waals surface area contributed by atoms with E-state index in [9.17, 15) is 4.79 Å². The molecule has 5 nitrogen and oxygen atoms in total. The lowest BCUT2D eigenvalue weighted by Crippen LogP contribution is -2.44. The number of ether oxygens (including phenoxy) is 1. The summed E-state index contributed by atoms with van der Waals surface area (Å²) >= 11 is 5.81. The molecule has 0 saturated carbocycles. The van der Waals surface area contributed by atoms with Gasteiger partial charge < -0.3 is 19.5 Å². The van der Waals surface area contributed by atoms with Crippen LogP contribution in [0.5, 0.6) is 5.75 Å². The number of rotatable bonds is 5. The second-order valence-electron chi connectivity index (χ2n) is 8.77. The Bertz CT molecular complexity index is 1230. The van der Waals surface area contributed by atoms with Crippen molar-refractivity contribution < 1.29 is 4.74 Å². The molecular formula is C26H29N3O2S. The van der Waals surface area contributed by atoms with E-state index in [1.165, 1.54) is 0 Å². The number of hydrogen-bond acceptors (Lipinski definition) is 3. The molecule has 1 aliphatic heterocycles. The Morgan fingerprint density at radius 3 is 2.78 bits per heavy atom. The van der Waals surface area contributed by atoms with Gasteiger partial charge in [-0.15, -0.1) is 0 Å². The van der Waals surface area contributed by atoms with Crippen LogP contribution in [0.2, 0.25) is 0 Å². The molecule has 32 heavy (non-hydrogen) atoms. The topological polar surface area (TPSA) is 46.5 Å². The van der Waals surface area contributed by atoms with Gasteiger partial charge in [0.15, 0.2) is 10.5 Å². The average Bonchev–Trinajstić information content (AvgIpc) is 3.24. The summed E-state index contributed by atoms with van der Waals surface area (Å²) in [5.74, 6) is 0.878. The second kappa shape index (κ2) is 8.58. The lowest BCUT2D eigenvalue weighted by Gasteiger charge is -2.38. The van der Waals surface area contributed by atoms with E-state index in [-0.39, 0.29) is 11.5 Å². The normalized spacial score (nSPS) is 16.8. The maximum absolute atomic E-state index is 13.2. The van der Waals surface area contributed by atoms with Crippen molar-refractivity contribution in [1.82, 2.24) is 9.47 Å². The molecule has 0 spiro atoms. The predicted octanol–water partition coefficient (Wildman–Crippen LogP) is 5.19. The fraction of sp³-hybridized carbons (Fsp3) is 0.385. The number of pyridine rings is 1. The van der Waals surface area contributed by atoms with Crippen LogP contribution in [0.15, 0.2) is 47.3 Å². The summed E-state index contributed by atoms with van der Waals surface area (Å²) in [6.45, 7) is 6.59. The van der Waals surface area contributed by atoms with Crippen molar-refractivity contribution in [2.75, 3.05) is 18.5 Å². The van der Waals surface area contributed by atoms with E-state index in [1.54, 1.807) is 0 Å². The monoisotopic (exact) mass is 447 g/mol. The fourth-order valence-electron chi connectivity index (χ4n) is 4.99. The molecule has 0 fully saturated rings. The van der Waals surface area contributed by atoms with Gasteiger partial charge in [-0.25, -0.2) is 0 Å². The Morgan fingerprint density at radius 2 is 2.00 bits per heavy atom. The molecule has 1 aromatic heterocycles. The summed E-state index contributed by atoms with van der Waals surface area (Å²) in [6, 6.07) is 14.3. The van der Waals surface area contributed by atoms with Crippen LogP contribution in [-0.2, 0) is 13.0 Å². The van der Waals surface area contributed by atoms with E-state index in [0.29, 0.717) is 5.11 Å². The zero-order valence-electron chi connectivity index (χ0n) is 18.7. The first-order chi connectivity index (χ1) is 15.6. The van der Waals surface area contributed by atoms with Crippen molar-refractivity contribution in [2.24, 2.45) is 0 Å². The molecular weight excluding hydrogens is 418 g/mol. The summed E-state index contributed by atoms with van der Waals surface area (Å²) in [5.41, 5.74) is 5.44. The Hall–Kier alpha value is -2.86. The SMILES string of the molecule is CCCCOc1ccc(NC(=S)N2CCn3c4c(c(=O)c5cc(C)ccc53)CCC42)cc1. The smallest absolute Gasteiger partial charge is 0.192 e. The van der Waals surface area contributed by atoms with Crippen LogP contribution in [0.3, 0.4) is 0 Å². The van der Waals surface area contributed by atoms with E-state index in [2.05, 4.69) is 33.8 Å². The standard InChI is InChI=1S/C26H29N3O2S/c1-3-4-15-31-19-8-6-18(7-9-19)27-26(32)29-14-13-28-22-11-5-17(2)16-21(22)25(30)20-10-12-23(29)24(20)28/h5-9,11,16,23H,3-4,10,12-15H2,1-2H3,(H,27,32). The average molecular weight is 448 g/mol. The predicted molar refractivity (Wildman–Crippen MR) is 134 cm³/mol. The molecule has 0 bridgehead atoms. The minimum atomic E-state index is 0.147. The molecule has 2 heterocycles. The van der Waals surface area contributed by atoms with Crippen molar-refractivity contribution in [3.05, 3.63) is 69.5 Å². The lowest BCUT2D eigenvalue weighted by atomic mass is 10.0. The number of aromatic nitrogens is 1. The Kier molecular flexibility index (Phi) is 5.64. The van der Waals surface area contributed by atoms with Crippen LogP contribution in [0, 0.1) is 6.92 Å². The number of nitrogens with zero attached hydrogens (tertiary/aromatic N) is 2. The quantitative estimate of drug-likeness (QED) is 0.431. The molecule has 166 valence electrons. The van der Waals surface area contributed by atoms with Crippen LogP contribution < -0.4 is 15.5 Å². The van der Waals surface area contributed by atoms with Gasteiger partial charge in [0.05, 0.1) is 18.2 Å². The summed E-state index contributed by atoms with van der Waals surface area (Å²) in [5, 5.41) is 4.96. The summed E-state index contributed by atoms with van der Waals surface area (Å²) < 4.78 is 8.11. The fourth-order valence-corrected chi connectivity index (χ4v) is 5.33. The molecule has 1 unspecified atom stereocenters. The van der Waals surface area contributed by atoms with Gasteiger partial charge in [0.25, 0.3) is 0 Å².